The first-order valence-electron chi connectivity index (χ1n) is 10.3. The highest BCUT2D eigenvalue weighted by Crippen LogP contribution is 2.30. The van der Waals surface area contributed by atoms with Crippen LogP contribution < -0.4 is 20.1 Å². The number of benzene rings is 2. The highest BCUT2D eigenvalue weighted by molar-refractivity contribution is 7.98. The number of halogens is 1. The van der Waals surface area contributed by atoms with Crippen LogP contribution in [-0.4, -0.2) is 61.1 Å². The number of hydrogen-bond donors (Lipinski definition) is 2. The number of fused-ring (bicyclic) bond motifs is 1. The molecule has 3 amide bonds. The number of para-hydroxylation sites is 2. The average Bonchev–Trinajstić information content (AvgIpc) is 2.84. The van der Waals surface area contributed by atoms with E-state index in [1.807, 2.05) is 6.26 Å². The van der Waals surface area contributed by atoms with Gasteiger partial charge >= 0.3 is 5.97 Å². The van der Waals surface area contributed by atoms with E-state index >= 15 is 0 Å². The van der Waals surface area contributed by atoms with Crippen molar-refractivity contribution < 1.29 is 33.4 Å². The molecule has 11 heteroatoms. The molecule has 0 saturated heterocycles. The van der Waals surface area contributed by atoms with E-state index in [9.17, 15) is 19.2 Å². The molecule has 1 heterocycles. The first-order valence-corrected chi connectivity index (χ1v) is 12.1. The topological polar surface area (TPSA) is 120 Å². The standard InChI is InChI=1S/C23H23ClN2O7S/c1-34-11-10-16(25-21(28)14-6-2-3-7-15(14)24)23(30)32-13-20(27)26-22(29)19-12-31-17-8-4-5-9-18(17)33-19/h2-9,16,19H,10-13H2,1H3,(H,25,28)(H,26,27,29). The zero-order valence-corrected chi connectivity index (χ0v) is 19.8. The van der Waals surface area contributed by atoms with Crippen LogP contribution in [-0.2, 0) is 19.1 Å². The van der Waals surface area contributed by atoms with Gasteiger partial charge in [-0.3, -0.25) is 19.7 Å². The smallest absolute Gasteiger partial charge is 0.329 e. The van der Waals surface area contributed by atoms with E-state index in [1.54, 1.807) is 42.5 Å². The Balaban J connectivity index is 1.51. The number of carbonyl (C=O) groups excluding carboxylic acids is 4. The van der Waals surface area contributed by atoms with Gasteiger partial charge in [0.1, 0.15) is 12.6 Å². The maximum absolute atomic E-state index is 12.5. The predicted octanol–water partition coefficient (Wildman–Crippen LogP) is 2.22. The van der Waals surface area contributed by atoms with Crippen molar-refractivity contribution in [2.24, 2.45) is 0 Å². The fraction of sp³-hybridized carbons (Fsp3) is 0.304. The molecule has 0 aromatic heterocycles. The minimum Gasteiger partial charge on any atom is -0.485 e. The van der Waals surface area contributed by atoms with Gasteiger partial charge in [-0.2, -0.15) is 11.8 Å². The van der Waals surface area contributed by atoms with Gasteiger partial charge < -0.3 is 19.5 Å². The van der Waals surface area contributed by atoms with Crippen molar-refractivity contribution in [3.63, 3.8) is 0 Å². The second-order valence-electron chi connectivity index (χ2n) is 7.17. The first kappa shape index (κ1) is 25.4. The van der Waals surface area contributed by atoms with E-state index in [1.165, 1.54) is 17.8 Å². The fourth-order valence-corrected chi connectivity index (χ4v) is 3.70. The average molecular weight is 507 g/mol. The molecule has 2 aromatic rings. The molecule has 9 nitrogen and oxygen atoms in total. The van der Waals surface area contributed by atoms with Crippen LogP contribution in [0.4, 0.5) is 0 Å². The van der Waals surface area contributed by atoms with E-state index in [4.69, 9.17) is 25.8 Å². The van der Waals surface area contributed by atoms with Crippen LogP contribution in [0.25, 0.3) is 0 Å². The second kappa shape index (κ2) is 12.3. The quantitative estimate of drug-likeness (QED) is 0.497. The van der Waals surface area contributed by atoms with E-state index in [0.717, 1.165) is 0 Å². The summed E-state index contributed by atoms with van der Waals surface area (Å²) in [6, 6.07) is 12.3. The van der Waals surface area contributed by atoms with Gasteiger partial charge in [-0.05, 0) is 42.7 Å². The predicted molar refractivity (Wildman–Crippen MR) is 126 cm³/mol. The number of amides is 3. The van der Waals surface area contributed by atoms with Gasteiger partial charge in [0.2, 0.25) is 6.10 Å². The lowest BCUT2D eigenvalue weighted by Gasteiger charge is -2.25. The lowest BCUT2D eigenvalue weighted by molar-refractivity contribution is -0.152. The molecule has 1 aliphatic heterocycles. The normalized spacial score (nSPS) is 15.1. The van der Waals surface area contributed by atoms with Crippen molar-refractivity contribution in [1.29, 1.82) is 0 Å². The van der Waals surface area contributed by atoms with Crippen molar-refractivity contribution in [2.75, 3.05) is 25.2 Å². The summed E-state index contributed by atoms with van der Waals surface area (Å²) in [6.07, 6.45) is 1.11. The molecule has 0 spiro atoms. The molecule has 34 heavy (non-hydrogen) atoms. The Morgan fingerprint density at radius 1 is 1.12 bits per heavy atom. The summed E-state index contributed by atoms with van der Waals surface area (Å²) < 4.78 is 16.0. The first-order chi connectivity index (χ1) is 16.4. The molecule has 1 aliphatic rings. The van der Waals surface area contributed by atoms with E-state index in [-0.39, 0.29) is 23.6 Å². The number of nitrogens with one attached hydrogen (secondary N) is 2. The van der Waals surface area contributed by atoms with Gasteiger partial charge in [-0.25, -0.2) is 4.79 Å². The highest BCUT2D eigenvalue weighted by atomic mass is 35.5. The summed E-state index contributed by atoms with van der Waals surface area (Å²) in [7, 11) is 0. The van der Waals surface area contributed by atoms with Crippen LogP contribution >= 0.6 is 23.4 Å². The van der Waals surface area contributed by atoms with E-state index in [0.29, 0.717) is 17.3 Å². The molecule has 3 rings (SSSR count). The Labute approximate surface area is 205 Å². The van der Waals surface area contributed by atoms with Crippen LogP contribution in [0.5, 0.6) is 11.5 Å². The summed E-state index contributed by atoms with van der Waals surface area (Å²) in [4.78, 5) is 49.6. The Hall–Kier alpha value is -3.24. The molecule has 2 unspecified atom stereocenters. The maximum atomic E-state index is 12.5. The van der Waals surface area contributed by atoms with Crippen LogP contribution in [0.3, 0.4) is 0 Å². The summed E-state index contributed by atoms with van der Waals surface area (Å²) in [5.41, 5.74) is 0.214. The minimum absolute atomic E-state index is 0.0687. The van der Waals surface area contributed by atoms with Gasteiger partial charge in [-0.1, -0.05) is 35.9 Å². The number of rotatable bonds is 9. The molecular weight excluding hydrogens is 484 g/mol. The van der Waals surface area contributed by atoms with Gasteiger partial charge in [0.25, 0.3) is 17.7 Å². The summed E-state index contributed by atoms with van der Waals surface area (Å²) in [6.45, 7) is -0.771. The van der Waals surface area contributed by atoms with Crippen molar-refractivity contribution in [3.05, 3.63) is 59.1 Å². The van der Waals surface area contributed by atoms with Crippen LogP contribution in [0.2, 0.25) is 5.02 Å². The molecular formula is C23H23ClN2O7S. The van der Waals surface area contributed by atoms with Crippen LogP contribution in [0, 0.1) is 0 Å². The number of esters is 1. The Morgan fingerprint density at radius 2 is 1.82 bits per heavy atom. The Bertz CT molecular complexity index is 1070. The van der Waals surface area contributed by atoms with E-state index in [2.05, 4.69) is 10.6 Å². The molecule has 0 saturated carbocycles. The van der Waals surface area contributed by atoms with Crippen molar-refractivity contribution in [1.82, 2.24) is 10.6 Å². The largest absolute Gasteiger partial charge is 0.485 e. The third-order valence-corrected chi connectivity index (χ3v) is 5.70. The lowest BCUT2D eigenvalue weighted by atomic mass is 10.1. The zero-order chi connectivity index (χ0) is 24.5. The van der Waals surface area contributed by atoms with Gasteiger partial charge in [0, 0.05) is 0 Å². The van der Waals surface area contributed by atoms with Crippen LogP contribution in [0.1, 0.15) is 16.8 Å². The number of carbonyl (C=O) groups is 4. The second-order valence-corrected chi connectivity index (χ2v) is 8.56. The number of thioether (sulfide) groups is 1. The Kier molecular flexibility index (Phi) is 9.17. The van der Waals surface area contributed by atoms with E-state index < -0.39 is 42.4 Å². The molecule has 0 radical (unpaired) electrons. The van der Waals surface area contributed by atoms with Crippen molar-refractivity contribution in [3.8, 4) is 11.5 Å². The summed E-state index contributed by atoms with van der Waals surface area (Å²) in [5, 5.41) is 4.95. The maximum Gasteiger partial charge on any atom is 0.329 e. The highest BCUT2D eigenvalue weighted by Gasteiger charge is 2.29. The van der Waals surface area contributed by atoms with Gasteiger partial charge in [-0.15, -0.1) is 0 Å². The number of ether oxygens (including phenoxy) is 3. The van der Waals surface area contributed by atoms with Gasteiger partial charge in [0.15, 0.2) is 18.1 Å². The molecule has 0 bridgehead atoms. The molecule has 0 aliphatic carbocycles. The SMILES string of the molecule is CSCCC(NC(=O)c1ccccc1Cl)C(=O)OCC(=O)NC(=O)C1COc2ccccc2O1. The molecule has 2 N–H and O–H groups in total. The third-order valence-electron chi connectivity index (χ3n) is 4.73. The number of hydrogen-bond acceptors (Lipinski definition) is 8. The van der Waals surface area contributed by atoms with Gasteiger partial charge in [0.05, 0.1) is 10.6 Å². The van der Waals surface area contributed by atoms with Crippen LogP contribution in [0.15, 0.2) is 48.5 Å². The third kappa shape index (κ3) is 6.88. The molecule has 0 fully saturated rings. The van der Waals surface area contributed by atoms with Crippen molar-refractivity contribution >= 4 is 47.1 Å². The molecule has 2 atom stereocenters. The molecule has 180 valence electrons. The number of imide groups is 1. The summed E-state index contributed by atoms with van der Waals surface area (Å²) >= 11 is 7.53. The molecule has 2 aromatic carbocycles. The van der Waals surface area contributed by atoms with Crippen molar-refractivity contribution in [2.45, 2.75) is 18.6 Å². The fourth-order valence-electron chi connectivity index (χ4n) is 3.01. The lowest BCUT2D eigenvalue weighted by Crippen LogP contribution is -2.48. The zero-order valence-electron chi connectivity index (χ0n) is 18.2. The minimum atomic E-state index is -1.03. The Morgan fingerprint density at radius 3 is 2.56 bits per heavy atom. The summed E-state index contributed by atoms with van der Waals surface area (Å²) in [5.74, 6) is -1.44. The monoisotopic (exact) mass is 506 g/mol.